The Bertz CT molecular complexity index is 519. The van der Waals surface area contributed by atoms with Crippen molar-refractivity contribution in [1.82, 2.24) is 16.0 Å². The van der Waals surface area contributed by atoms with Gasteiger partial charge in [-0.05, 0) is 56.3 Å². The summed E-state index contributed by atoms with van der Waals surface area (Å²) in [4.78, 5) is 34.4. The zero-order chi connectivity index (χ0) is 18.0. The van der Waals surface area contributed by atoms with E-state index in [1.165, 1.54) is 19.3 Å². The van der Waals surface area contributed by atoms with E-state index in [4.69, 9.17) is 5.11 Å². The van der Waals surface area contributed by atoms with Gasteiger partial charge in [0.2, 0.25) is 5.91 Å². The molecule has 0 aromatic rings. The second-order valence-electron chi connectivity index (χ2n) is 7.94. The van der Waals surface area contributed by atoms with E-state index in [1.807, 2.05) is 0 Å². The zero-order valence-corrected chi connectivity index (χ0v) is 14.2. The van der Waals surface area contributed by atoms with Gasteiger partial charge in [0, 0.05) is 18.5 Å². The summed E-state index contributed by atoms with van der Waals surface area (Å²) in [5.74, 6) is 0.173. The SMILES string of the molecule is O=C(CCNC(=O)NC12CC3CC(CC(C3)C1)C2)NC(CF)C(=O)O. The second kappa shape index (κ2) is 7.17. The highest BCUT2D eigenvalue weighted by Gasteiger charge is 2.51. The van der Waals surface area contributed by atoms with Crippen LogP contribution in [0.3, 0.4) is 0 Å². The van der Waals surface area contributed by atoms with Gasteiger partial charge < -0.3 is 21.1 Å². The molecule has 3 amide bonds. The number of aliphatic carboxylic acids is 1. The van der Waals surface area contributed by atoms with Gasteiger partial charge in [0.1, 0.15) is 6.67 Å². The number of hydrogen-bond donors (Lipinski definition) is 4. The highest BCUT2D eigenvalue weighted by atomic mass is 19.1. The molecule has 4 rings (SSSR count). The normalized spacial score (nSPS) is 33.6. The van der Waals surface area contributed by atoms with Crippen LogP contribution in [0.25, 0.3) is 0 Å². The van der Waals surface area contributed by atoms with E-state index in [-0.39, 0.29) is 24.5 Å². The van der Waals surface area contributed by atoms with Gasteiger partial charge in [-0.25, -0.2) is 14.0 Å². The molecule has 4 N–H and O–H groups in total. The molecule has 0 saturated heterocycles. The van der Waals surface area contributed by atoms with Gasteiger partial charge in [0.15, 0.2) is 6.04 Å². The minimum atomic E-state index is -1.53. The van der Waals surface area contributed by atoms with E-state index >= 15 is 0 Å². The highest BCUT2D eigenvalue weighted by Crippen LogP contribution is 2.55. The maximum Gasteiger partial charge on any atom is 0.328 e. The zero-order valence-electron chi connectivity index (χ0n) is 14.2. The van der Waals surface area contributed by atoms with Gasteiger partial charge in [-0.3, -0.25) is 4.79 Å². The van der Waals surface area contributed by atoms with Crippen molar-refractivity contribution in [2.75, 3.05) is 13.2 Å². The standard InChI is InChI=1S/C17H26FN3O4/c18-9-13(15(23)24)20-14(22)1-2-19-16(25)21-17-6-10-3-11(7-17)5-12(4-10)8-17/h10-13H,1-9H2,(H,20,22)(H,23,24)(H2,19,21,25). The quantitative estimate of drug-likeness (QED) is 0.550. The molecule has 8 heteroatoms. The molecule has 0 radical (unpaired) electrons. The number of nitrogens with one attached hydrogen (secondary N) is 3. The van der Waals surface area contributed by atoms with Crippen molar-refractivity contribution >= 4 is 17.9 Å². The van der Waals surface area contributed by atoms with Crippen LogP contribution < -0.4 is 16.0 Å². The smallest absolute Gasteiger partial charge is 0.328 e. The van der Waals surface area contributed by atoms with Gasteiger partial charge in [0.25, 0.3) is 0 Å². The van der Waals surface area contributed by atoms with Crippen molar-refractivity contribution in [3.05, 3.63) is 0 Å². The molecule has 4 bridgehead atoms. The van der Waals surface area contributed by atoms with Crippen LogP contribution in [0.5, 0.6) is 0 Å². The van der Waals surface area contributed by atoms with Gasteiger partial charge >= 0.3 is 12.0 Å². The Morgan fingerprint density at radius 2 is 1.64 bits per heavy atom. The van der Waals surface area contributed by atoms with Gasteiger partial charge in [-0.15, -0.1) is 0 Å². The summed E-state index contributed by atoms with van der Waals surface area (Å²) in [7, 11) is 0. The first-order valence-electron chi connectivity index (χ1n) is 9.03. The molecule has 140 valence electrons. The molecule has 4 fully saturated rings. The first-order valence-corrected chi connectivity index (χ1v) is 9.03. The molecule has 7 nitrogen and oxygen atoms in total. The average Bonchev–Trinajstić information content (AvgIpc) is 2.50. The van der Waals surface area contributed by atoms with E-state index in [9.17, 15) is 18.8 Å². The minimum Gasteiger partial charge on any atom is -0.480 e. The summed E-state index contributed by atoms with van der Waals surface area (Å²) in [5, 5.41) is 16.6. The molecular weight excluding hydrogens is 329 g/mol. The predicted octanol–water partition coefficient (Wildman–Crippen LogP) is 1.18. The predicted molar refractivity (Wildman–Crippen MR) is 87.6 cm³/mol. The molecular formula is C17H26FN3O4. The number of carbonyl (C=O) groups excluding carboxylic acids is 2. The Labute approximate surface area is 146 Å². The molecule has 1 unspecified atom stereocenters. The number of urea groups is 1. The first-order chi connectivity index (χ1) is 11.9. The molecule has 0 heterocycles. The molecule has 4 aliphatic carbocycles. The summed E-state index contributed by atoms with van der Waals surface area (Å²) < 4.78 is 12.5. The van der Waals surface area contributed by atoms with Crippen molar-refractivity contribution in [3.63, 3.8) is 0 Å². The summed E-state index contributed by atoms with van der Waals surface area (Å²) in [6.07, 6.45) is 6.93. The average molecular weight is 355 g/mol. The first kappa shape index (κ1) is 17.9. The molecule has 4 saturated carbocycles. The Kier molecular flexibility index (Phi) is 5.15. The van der Waals surface area contributed by atoms with Crippen LogP contribution >= 0.6 is 0 Å². The molecule has 0 spiro atoms. The summed E-state index contributed by atoms with van der Waals surface area (Å²) in [6, 6.07) is -1.82. The van der Waals surface area contributed by atoms with Gasteiger partial charge in [-0.1, -0.05) is 0 Å². The number of carbonyl (C=O) groups is 3. The Balaban J connectivity index is 1.40. The maximum atomic E-state index is 12.5. The third-order valence-electron chi connectivity index (χ3n) is 5.84. The van der Waals surface area contributed by atoms with Gasteiger partial charge in [0.05, 0.1) is 0 Å². The van der Waals surface area contributed by atoms with Gasteiger partial charge in [-0.2, -0.15) is 0 Å². The molecule has 0 aromatic carbocycles. The lowest BCUT2D eigenvalue weighted by molar-refractivity contribution is -0.142. The van der Waals surface area contributed by atoms with E-state index in [2.05, 4.69) is 16.0 Å². The lowest BCUT2D eigenvalue weighted by Crippen LogP contribution is -2.61. The van der Waals surface area contributed by atoms with Crippen molar-refractivity contribution < 1.29 is 23.9 Å². The van der Waals surface area contributed by atoms with Crippen LogP contribution in [0, 0.1) is 17.8 Å². The third kappa shape index (κ3) is 4.22. The van der Waals surface area contributed by atoms with Crippen molar-refractivity contribution in [3.8, 4) is 0 Å². The highest BCUT2D eigenvalue weighted by molar-refractivity contribution is 5.84. The van der Waals surface area contributed by atoms with Crippen LogP contribution in [-0.2, 0) is 9.59 Å². The topological polar surface area (TPSA) is 108 Å². The Morgan fingerprint density at radius 1 is 1.08 bits per heavy atom. The van der Waals surface area contributed by atoms with Crippen LogP contribution in [0.1, 0.15) is 44.9 Å². The largest absolute Gasteiger partial charge is 0.480 e. The lowest BCUT2D eigenvalue weighted by Gasteiger charge is -2.56. The lowest BCUT2D eigenvalue weighted by atomic mass is 9.53. The fraction of sp³-hybridized carbons (Fsp3) is 0.824. The van der Waals surface area contributed by atoms with E-state index < -0.39 is 24.6 Å². The Morgan fingerprint density at radius 3 is 2.12 bits per heavy atom. The molecule has 25 heavy (non-hydrogen) atoms. The van der Waals surface area contributed by atoms with Crippen molar-refractivity contribution in [1.29, 1.82) is 0 Å². The van der Waals surface area contributed by atoms with Crippen molar-refractivity contribution in [2.24, 2.45) is 17.8 Å². The Hall–Kier alpha value is -1.86. The number of carboxylic acids is 1. The molecule has 1 atom stereocenters. The van der Waals surface area contributed by atoms with Crippen LogP contribution in [0.4, 0.5) is 9.18 Å². The van der Waals surface area contributed by atoms with E-state index in [0.29, 0.717) is 0 Å². The fourth-order valence-electron chi connectivity index (χ4n) is 5.27. The number of amides is 3. The van der Waals surface area contributed by atoms with Crippen LogP contribution in [0.2, 0.25) is 0 Å². The van der Waals surface area contributed by atoms with Crippen molar-refractivity contribution in [2.45, 2.75) is 56.5 Å². The van der Waals surface area contributed by atoms with Crippen LogP contribution in [-0.4, -0.2) is 47.8 Å². The molecule has 0 aliphatic heterocycles. The van der Waals surface area contributed by atoms with E-state index in [1.54, 1.807) is 0 Å². The molecule has 4 aliphatic rings. The fourth-order valence-corrected chi connectivity index (χ4v) is 5.27. The van der Waals surface area contributed by atoms with E-state index in [0.717, 1.165) is 37.0 Å². The number of alkyl halides is 1. The number of carboxylic acid groups (broad SMARTS) is 1. The number of rotatable bonds is 7. The molecule has 0 aromatic heterocycles. The van der Waals surface area contributed by atoms with Crippen LogP contribution in [0.15, 0.2) is 0 Å². The number of hydrogen-bond acceptors (Lipinski definition) is 3. The number of halogens is 1. The summed E-state index contributed by atoms with van der Waals surface area (Å²) in [5.41, 5.74) is -0.0935. The maximum absolute atomic E-state index is 12.5. The minimum absolute atomic E-state index is 0.0852. The second-order valence-corrected chi connectivity index (χ2v) is 7.94. The summed E-state index contributed by atoms with van der Waals surface area (Å²) in [6.45, 7) is -1.08. The summed E-state index contributed by atoms with van der Waals surface area (Å²) >= 11 is 0. The monoisotopic (exact) mass is 355 g/mol. The third-order valence-corrected chi connectivity index (χ3v) is 5.84.